The van der Waals surface area contributed by atoms with Gasteiger partial charge < -0.3 is 9.13 Å². The first-order valence-electron chi connectivity index (χ1n) is 30.3. The molecule has 3 aromatic heterocycles. The minimum atomic E-state index is -3.32. The van der Waals surface area contributed by atoms with Crippen LogP contribution in [-0.4, -0.2) is 17.2 Å². The smallest absolute Gasteiger partial charge is 0.179 e. The van der Waals surface area contributed by atoms with Gasteiger partial charge in [-0.05, 0) is 102 Å². The third-order valence-electron chi connectivity index (χ3n) is 18.3. The van der Waals surface area contributed by atoms with Crippen LogP contribution < -0.4 is 20.7 Å². The molecule has 0 fully saturated rings. The van der Waals surface area contributed by atoms with Crippen LogP contribution in [0.1, 0.15) is 0 Å². The van der Waals surface area contributed by atoms with Crippen molar-refractivity contribution in [2.24, 2.45) is 0 Å². The minimum absolute atomic E-state index is 1.12. The summed E-state index contributed by atoms with van der Waals surface area (Å²) >= 11 is 1.87. The Morgan fingerprint density at radius 3 is 1.28 bits per heavy atom. The molecular formula is C84H56N2SSi. The highest BCUT2D eigenvalue weighted by Crippen LogP contribution is 2.47. The van der Waals surface area contributed by atoms with E-state index in [1.165, 1.54) is 107 Å². The summed E-state index contributed by atoms with van der Waals surface area (Å²) in [6.45, 7) is 0. The van der Waals surface area contributed by atoms with Crippen molar-refractivity contribution in [2.75, 3.05) is 0 Å². The van der Waals surface area contributed by atoms with Gasteiger partial charge in [0.05, 0.1) is 27.8 Å². The fourth-order valence-corrected chi connectivity index (χ4v) is 20.4. The van der Waals surface area contributed by atoms with E-state index in [1.54, 1.807) is 0 Å². The molecule has 0 saturated carbocycles. The van der Waals surface area contributed by atoms with Gasteiger partial charge in [0, 0.05) is 64.1 Å². The van der Waals surface area contributed by atoms with E-state index in [4.69, 9.17) is 0 Å². The third-order valence-corrected chi connectivity index (χ3v) is 24.1. The number of aromatic nitrogens is 2. The van der Waals surface area contributed by atoms with Gasteiger partial charge in [0.2, 0.25) is 0 Å². The fraction of sp³-hybridized carbons (Fsp3) is 0. The lowest BCUT2D eigenvalue weighted by Gasteiger charge is -2.36. The summed E-state index contributed by atoms with van der Waals surface area (Å²) in [5.74, 6) is 0. The lowest BCUT2D eigenvalue weighted by atomic mass is 9.95. The molecule has 0 aliphatic heterocycles. The van der Waals surface area contributed by atoms with Gasteiger partial charge >= 0.3 is 0 Å². The molecule has 17 aromatic rings. The first-order valence-corrected chi connectivity index (χ1v) is 33.1. The highest BCUT2D eigenvalue weighted by Gasteiger charge is 2.43. The number of fused-ring (bicyclic) bond motifs is 9. The van der Waals surface area contributed by atoms with Crippen LogP contribution in [0.4, 0.5) is 0 Å². The first kappa shape index (κ1) is 51.5. The summed E-state index contributed by atoms with van der Waals surface area (Å²) in [6, 6.07) is 127. The SMILES string of the molecule is c1ccc(-c2cccc([Si](c3ccccc3)(c3cccc(-c4ccccc4)c3)c3cc(-c4ccccc4)c(-n4c5ccccc5c5cc(-n6c7ccccc7c7cccc(-c8cccc9sc%10ccccc%10c89)c76)ccc54)c(-c4ccccc4)c3)c2)cc1. The average Bonchev–Trinajstić information content (AvgIpc) is 1.43. The summed E-state index contributed by atoms with van der Waals surface area (Å²) in [5, 5.41) is 12.7. The summed E-state index contributed by atoms with van der Waals surface area (Å²) < 4.78 is 7.72. The van der Waals surface area contributed by atoms with Gasteiger partial charge in [0.15, 0.2) is 8.07 Å². The first-order chi connectivity index (χ1) is 43.7. The van der Waals surface area contributed by atoms with Crippen molar-refractivity contribution in [1.82, 2.24) is 9.13 Å². The van der Waals surface area contributed by atoms with Crippen LogP contribution in [0.25, 0.3) is 131 Å². The van der Waals surface area contributed by atoms with Crippen molar-refractivity contribution in [3.05, 3.63) is 340 Å². The molecule has 0 aliphatic rings. The van der Waals surface area contributed by atoms with Gasteiger partial charge in [0.25, 0.3) is 0 Å². The molecule has 0 bridgehead atoms. The normalized spacial score (nSPS) is 11.9. The molecule has 0 spiro atoms. The van der Waals surface area contributed by atoms with Crippen LogP contribution in [0.15, 0.2) is 340 Å². The van der Waals surface area contributed by atoms with Gasteiger partial charge in [-0.2, -0.15) is 0 Å². The Balaban J connectivity index is 0.967. The number of thiophene rings is 1. The minimum Gasteiger partial charge on any atom is -0.309 e. The number of hydrogen-bond acceptors (Lipinski definition) is 1. The predicted octanol–water partition coefficient (Wildman–Crippen LogP) is 20.0. The molecule has 0 unspecified atom stereocenters. The lowest BCUT2D eigenvalue weighted by Crippen LogP contribution is -2.74. The summed E-state index contributed by atoms with van der Waals surface area (Å²) in [4.78, 5) is 0. The summed E-state index contributed by atoms with van der Waals surface area (Å²) in [6.07, 6.45) is 0. The Hall–Kier alpha value is -10.9. The van der Waals surface area contributed by atoms with Gasteiger partial charge in [-0.25, -0.2) is 0 Å². The Labute approximate surface area is 516 Å². The molecule has 0 atom stereocenters. The second-order valence-electron chi connectivity index (χ2n) is 23.0. The Morgan fingerprint density at radius 2 is 0.670 bits per heavy atom. The van der Waals surface area contributed by atoms with Crippen LogP contribution >= 0.6 is 11.3 Å². The van der Waals surface area contributed by atoms with E-state index in [0.29, 0.717) is 0 Å². The maximum atomic E-state index is 2.59. The fourth-order valence-electron chi connectivity index (χ4n) is 14.4. The van der Waals surface area contributed by atoms with Gasteiger partial charge in [-0.1, -0.05) is 297 Å². The van der Waals surface area contributed by atoms with Crippen molar-refractivity contribution in [3.8, 4) is 67.0 Å². The van der Waals surface area contributed by atoms with Crippen LogP contribution in [-0.2, 0) is 0 Å². The topological polar surface area (TPSA) is 9.86 Å². The standard InChI is InChI=1S/C84H56N2SSi/c1-6-26-57(27-7-1)61-34-22-38-65(52-61)88(64-36-14-5-15-37-64,66-39-23-35-62(53-66)58-28-8-2-9-29-58)67-55-74(59-30-10-3-11-31-59)84(75(56-67)60-32-12-4-13-33-60)86-78-47-20-17-41-69(78)76-54-63(50-51-79(76)86)85-77-46-19-16-40-68(77)71-44-24-45-72(83(71)85)70-43-25-49-81-82(70)73-42-18-21-48-80(73)87-81/h1-56H. The largest absolute Gasteiger partial charge is 0.309 e. The van der Waals surface area contributed by atoms with E-state index in [1.807, 2.05) is 11.3 Å². The van der Waals surface area contributed by atoms with Crippen molar-refractivity contribution < 1.29 is 0 Å². The van der Waals surface area contributed by atoms with Crippen molar-refractivity contribution in [2.45, 2.75) is 0 Å². The number of benzene rings is 14. The number of para-hydroxylation sites is 3. The van der Waals surface area contributed by atoms with Crippen LogP contribution in [0.2, 0.25) is 0 Å². The molecule has 4 heteroatoms. The second-order valence-corrected chi connectivity index (χ2v) is 27.9. The zero-order valence-electron chi connectivity index (χ0n) is 48.1. The molecule has 0 radical (unpaired) electrons. The molecular weight excluding hydrogens is 1100 g/mol. The van der Waals surface area contributed by atoms with Crippen molar-refractivity contribution >= 4 is 104 Å². The zero-order valence-corrected chi connectivity index (χ0v) is 50.0. The summed E-state index contributed by atoms with van der Waals surface area (Å²) in [5.41, 5.74) is 18.8. The number of hydrogen-bond donors (Lipinski definition) is 0. The van der Waals surface area contributed by atoms with Gasteiger partial charge in [-0.15, -0.1) is 11.3 Å². The summed E-state index contributed by atoms with van der Waals surface area (Å²) in [7, 11) is -3.32. The van der Waals surface area contributed by atoms with Crippen molar-refractivity contribution in [1.29, 1.82) is 0 Å². The molecule has 88 heavy (non-hydrogen) atoms. The maximum absolute atomic E-state index is 3.32. The highest BCUT2D eigenvalue weighted by molar-refractivity contribution is 7.26. The molecule has 0 aliphatic carbocycles. The van der Waals surface area contributed by atoms with Gasteiger partial charge in [0.1, 0.15) is 0 Å². The van der Waals surface area contributed by atoms with Gasteiger partial charge in [-0.3, -0.25) is 0 Å². The zero-order chi connectivity index (χ0) is 58.1. The maximum Gasteiger partial charge on any atom is 0.179 e. The molecule has 14 aromatic carbocycles. The molecule has 2 nitrogen and oxygen atoms in total. The third kappa shape index (κ3) is 8.29. The number of rotatable bonds is 11. The highest BCUT2D eigenvalue weighted by atomic mass is 32.1. The van der Waals surface area contributed by atoms with E-state index in [9.17, 15) is 0 Å². The molecule has 412 valence electrons. The molecule has 0 saturated heterocycles. The Bertz CT molecular complexity index is 5350. The van der Waals surface area contributed by atoms with E-state index in [-0.39, 0.29) is 0 Å². The van der Waals surface area contributed by atoms with Crippen LogP contribution in [0.5, 0.6) is 0 Å². The Morgan fingerprint density at radius 1 is 0.239 bits per heavy atom. The number of nitrogens with zero attached hydrogens (tertiary/aromatic N) is 2. The van der Waals surface area contributed by atoms with E-state index >= 15 is 0 Å². The van der Waals surface area contributed by atoms with E-state index in [2.05, 4.69) is 349 Å². The molecule has 0 N–H and O–H groups in total. The van der Waals surface area contributed by atoms with E-state index < -0.39 is 8.07 Å². The van der Waals surface area contributed by atoms with Crippen LogP contribution in [0, 0.1) is 0 Å². The Kier molecular flexibility index (Phi) is 12.5. The lowest BCUT2D eigenvalue weighted by molar-refractivity contribution is 1.17. The van der Waals surface area contributed by atoms with E-state index in [0.717, 1.165) is 44.7 Å². The quantitative estimate of drug-likeness (QED) is 0.0902. The molecule has 0 amide bonds. The van der Waals surface area contributed by atoms with Crippen LogP contribution in [0.3, 0.4) is 0 Å². The predicted molar refractivity (Wildman–Crippen MR) is 379 cm³/mol. The monoisotopic (exact) mass is 1150 g/mol. The average molecular weight is 1150 g/mol. The second kappa shape index (κ2) is 21.3. The molecule has 17 rings (SSSR count). The molecule has 3 heterocycles. The van der Waals surface area contributed by atoms with Crippen molar-refractivity contribution in [3.63, 3.8) is 0 Å².